The Kier molecular flexibility index (Phi) is 4.72. The summed E-state index contributed by atoms with van der Waals surface area (Å²) in [4.78, 5) is 27.4. The average Bonchev–Trinajstić information content (AvgIpc) is 2.87. The smallest absolute Gasteiger partial charge is 0.305 e. The summed E-state index contributed by atoms with van der Waals surface area (Å²) in [6.45, 7) is 0.304. The molecule has 0 atom stereocenters. The molecule has 1 amide bonds. The van der Waals surface area contributed by atoms with Gasteiger partial charge in [0.1, 0.15) is 10.7 Å². The van der Waals surface area contributed by atoms with Crippen molar-refractivity contribution in [3.8, 4) is 0 Å². The number of aromatic nitrogens is 1. The van der Waals surface area contributed by atoms with Crippen molar-refractivity contribution in [2.45, 2.75) is 50.6 Å². The maximum absolute atomic E-state index is 12.2. The number of aliphatic carboxylic acids is 1. The van der Waals surface area contributed by atoms with E-state index in [1.54, 1.807) is 5.38 Å². The molecule has 7 heteroatoms. The molecule has 6 nitrogen and oxygen atoms in total. The number of carbonyl (C=O) groups is 2. The van der Waals surface area contributed by atoms with Gasteiger partial charge in [-0.25, -0.2) is 4.98 Å². The second kappa shape index (κ2) is 6.32. The molecule has 0 bridgehead atoms. The molecule has 1 aromatic rings. The van der Waals surface area contributed by atoms with E-state index in [0.717, 1.165) is 19.3 Å². The fraction of sp³-hybridized carbons (Fsp3) is 0.615. The Labute approximate surface area is 121 Å². The molecule has 0 spiro atoms. The first-order valence-electron chi connectivity index (χ1n) is 6.73. The van der Waals surface area contributed by atoms with E-state index in [1.165, 1.54) is 11.3 Å². The third kappa shape index (κ3) is 3.55. The minimum Gasteiger partial charge on any atom is -0.481 e. The van der Waals surface area contributed by atoms with Crippen LogP contribution < -0.4 is 11.1 Å². The van der Waals surface area contributed by atoms with Gasteiger partial charge in [0.15, 0.2) is 0 Å². The lowest BCUT2D eigenvalue weighted by atomic mass is 9.79. The van der Waals surface area contributed by atoms with Gasteiger partial charge in [0.2, 0.25) is 0 Å². The summed E-state index contributed by atoms with van der Waals surface area (Å²) in [7, 11) is 0. The summed E-state index contributed by atoms with van der Waals surface area (Å²) in [5.41, 5.74) is 5.17. The molecule has 0 unspecified atom stereocenters. The van der Waals surface area contributed by atoms with E-state index in [4.69, 9.17) is 10.8 Å². The van der Waals surface area contributed by atoms with Crippen molar-refractivity contribution in [1.29, 1.82) is 0 Å². The molecule has 2 rings (SSSR count). The van der Waals surface area contributed by atoms with Gasteiger partial charge in [-0.05, 0) is 12.8 Å². The third-order valence-corrected chi connectivity index (χ3v) is 4.51. The Morgan fingerprint density at radius 2 is 2.10 bits per heavy atom. The maximum Gasteiger partial charge on any atom is 0.305 e. The van der Waals surface area contributed by atoms with Crippen LogP contribution in [0.25, 0.3) is 0 Å². The molecule has 1 fully saturated rings. The van der Waals surface area contributed by atoms with Gasteiger partial charge in [0.05, 0.1) is 12.0 Å². The van der Waals surface area contributed by atoms with Gasteiger partial charge < -0.3 is 16.2 Å². The summed E-state index contributed by atoms with van der Waals surface area (Å²) in [5, 5.41) is 14.3. The van der Waals surface area contributed by atoms with Crippen LogP contribution in [-0.4, -0.2) is 27.5 Å². The Morgan fingerprint density at radius 3 is 2.65 bits per heavy atom. The third-order valence-electron chi connectivity index (χ3n) is 3.64. The minimum atomic E-state index is -0.881. The number of hydrogen-bond acceptors (Lipinski definition) is 5. The molecule has 20 heavy (non-hydrogen) atoms. The predicted octanol–water partition coefficient (Wildman–Crippen LogP) is 1.51. The fourth-order valence-electron chi connectivity index (χ4n) is 2.68. The lowest BCUT2D eigenvalue weighted by Crippen LogP contribution is -2.51. The fourth-order valence-corrected chi connectivity index (χ4v) is 3.33. The number of carboxylic acids is 1. The number of carboxylic acid groups (broad SMARTS) is 1. The van der Waals surface area contributed by atoms with Crippen LogP contribution in [0.3, 0.4) is 0 Å². The molecular weight excluding hydrogens is 278 g/mol. The van der Waals surface area contributed by atoms with Crippen LogP contribution in [0.15, 0.2) is 5.38 Å². The second-order valence-electron chi connectivity index (χ2n) is 5.20. The second-order valence-corrected chi connectivity index (χ2v) is 6.14. The average molecular weight is 297 g/mol. The molecule has 1 aromatic heterocycles. The topological polar surface area (TPSA) is 105 Å². The van der Waals surface area contributed by atoms with Crippen LogP contribution in [0.1, 0.15) is 54.0 Å². The van der Waals surface area contributed by atoms with Crippen LogP contribution in [0.5, 0.6) is 0 Å². The quantitative estimate of drug-likeness (QED) is 0.764. The van der Waals surface area contributed by atoms with E-state index in [1.807, 2.05) is 0 Å². The normalized spacial score (nSPS) is 17.6. The summed E-state index contributed by atoms with van der Waals surface area (Å²) < 4.78 is 0. The van der Waals surface area contributed by atoms with Gasteiger partial charge >= 0.3 is 5.97 Å². The maximum atomic E-state index is 12.2. The minimum absolute atomic E-state index is 0.0351. The number of carbonyl (C=O) groups excluding carboxylic acids is 1. The summed E-state index contributed by atoms with van der Waals surface area (Å²) in [6, 6.07) is 0. The number of thiazole rings is 1. The van der Waals surface area contributed by atoms with Crippen molar-refractivity contribution in [1.82, 2.24) is 10.3 Å². The highest BCUT2D eigenvalue weighted by atomic mass is 32.1. The van der Waals surface area contributed by atoms with Crippen molar-refractivity contribution in [3.05, 3.63) is 16.1 Å². The van der Waals surface area contributed by atoms with E-state index in [-0.39, 0.29) is 12.3 Å². The van der Waals surface area contributed by atoms with Crippen LogP contribution >= 0.6 is 11.3 Å². The number of nitrogens with one attached hydrogen (secondary N) is 1. The number of amides is 1. The van der Waals surface area contributed by atoms with E-state index in [9.17, 15) is 9.59 Å². The molecule has 0 saturated heterocycles. The number of hydrogen-bond donors (Lipinski definition) is 3. The molecule has 0 aliphatic heterocycles. The lowest BCUT2D eigenvalue weighted by molar-refractivity contribution is -0.139. The summed E-state index contributed by atoms with van der Waals surface area (Å²) >= 11 is 1.34. The predicted molar refractivity (Wildman–Crippen MR) is 75.5 cm³/mol. The van der Waals surface area contributed by atoms with Crippen molar-refractivity contribution in [2.75, 3.05) is 0 Å². The zero-order valence-corrected chi connectivity index (χ0v) is 12.0. The Morgan fingerprint density at radius 1 is 1.40 bits per heavy atom. The van der Waals surface area contributed by atoms with Gasteiger partial charge in [0.25, 0.3) is 5.91 Å². The molecule has 0 aromatic carbocycles. The summed E-state index contributed by atoms with van der Waals surface area (Å²) in [5.74, 6) is -1.18. The number of nitrogens with zero attached hydrogens (tertiary/aromatic N) is 1. The summed E-state index contributed by atoms with van der Waals surface area (Å²) in [6.07, 6.45) is 4.35. The Bertz CT molecular complexity index is 495. The zero-order valence-electron chi connectivity index (χ0n) is 11.2. The van der Waals surface area contributed by atoms with Gasteiger partial charge in [-0.15, -0.1) is 11.3 Å². The first-order chi connectivity index (χ1) is 9.54. The van der Waals surface area contributed by atoms with Gasteiger partial charge in [-0.3, -0.25) is 9.59 Å². The molecule has 1 aliphatic carbocycles. The van der Waals surface area contributed by atoms with Crippen molar-refractivity contribution in [3.63, 3.8) is 0 Å². The van der Waals surface area contributed by atoms with Crippen molar-refractivity contribution in [2.24, 2.45) is 5.73 Å². The highest BCUT2D eigenvalue weighted by molar-refractivity contribution is 7.09. The highest BCUT2D eigenvalue weighted by Gasteiger charge is 2.36. The van der Waals surface area contributed by atoms with Crippen molar-refractivity contribution < 1.29 is 14.7 Å². The first-order valence-corrected chi connectivity index (χ1v) is 7.61. The molecule has 1 heterocycles. The first kappa shape index (κ1) is 14.9. The SMILES string of the molecule is NCc1nc(C(=O)NC2(CC(=O)O)CCCCC2)cs1. The monoisotopic (exact) mass is 297 g/mol. The lowest BCUT2D eigenvalue weighted by Gasteiger charge is -2.36. The van der Waals surface area contributed by atoms with Crippen LogP contribution in [-0.2, 0) is 11.3 Å². The Balaban J connectivity index is 2.10. The standard InChI is InChI=1S/C13H19N3O3S/c14-7-10-15-9(8-20-10)12(19)16-13(6-11(17)18)4-2-1-3-5-13/h8H,1-7,14H2,(H,16,19)(H,17,18). The molecule has 110 valence electrons. The van der Waals surface area contributed by atoms with Gasteiger partial charge in [0, 0.05) is 11.9 Å². The molecule has 1 aliphatic rings. The highest BCUT2D eigenvalue weighted by Crippen LogP contribution is 2.31. The van der Waals surface area contributed by atoms with Gasteiger partial charge in [-0.1, -0.05) is 19.3 Å². The molecule has 1 saturated carbocycles. The van der Waals surface area contributed by atoms with E-state index in [0.29, 0.717) is 30.1 Å². The Hall–Kier alpha value is -1.47. The number of rotatable bonds is 5. The van der Waals surface area contributed by atoms with Crippen LogP contribution in [0, 0.1) is 0 Å². The van der Waals surface area contributed by atoms with E-state index < -0.39 is 11.5 Å². The van der Waals surface area contributed by atoms with Gasteiger partial charge in [-0.2, -0.15) is 0 Å². The number of nitrogens with two attached hydrogens (primary N) is 1. The molecular formula is C13H19N3O3S. The van der Waals surface area contributed by atoms with Crippen LogP contribution in [0.2, 0.25) is 0 Å². The van der Waals surface area contributed by atoms with Crippen LogP contribution in [0.4, 0.5) is 0 Å². The zero-order chi connectivity index (χ0) is 14.6. The molecule has 0 radical (unpaired) electrons. The molecule has 4 N–H and O–H groups in total. The van der Waals surface area contributed by atoms with E-state index in [2.05, 4.69) is 10.3 Å². The van der Waals surface area contributed by atoms with Crippen molar-refractivity contribution >= 4 is 23.2 Å². The van der Waals surface area contributed by atoms with E-state index >= 15 is 0 Å². The largest absolute Gasteiger partial charge is 0.481 e.